The Morgan fingerprint density at radius 2 is 2.09 bits per heavy atom. The Hall–Kier alpha value is -3.23. The van der Waals surface area contributed by atoms with Crippen LogP contribution in [0.4, 0.5) is 11.4 Å². The molecule has 1 aromatic heterocycles. The number of carbonyl (C=O) groups is 2. The number of halogens is 1. The first-order valence-corrected chi connectivity index (χ1v) is 12.4. The van der Waals surface area contributed by atoms with Crippen molar-refractivity contribution < 1.29 is 14.1 Å². The highest BCUT2D eigenvalue weighted by molar-refractivity contribution is 6.30. The summed E-state index contributed by atoms with van der Waals surface area (Å²) in [7, 11) is 0. The molecule has 8 nitrogen and oxygen atoms in total. The fraction of sp³-hybridized carbons (Fsp3) is 0.385. The van der Waals surface area contributed by atoms with Gasteiger partial charge in [0.05, 0.1) is 12.5 Å². The molecule has 2 saturated heterocycles. The molecule has 35 heavy (non-hydrogen) atoms. The molecule has 1 unspecified atom stereocenters. The fourth-order valence-corrected chi connectivity index (χ4v) is 5.04. The van der Waals surface area contributed by atoms with Gasteiger partial charge < -0.3 is 14.7 Å². The molecular weight excluding hydrogens is 466 g/mol. The first kappa shape index (κ1) is 23.5. The van der Waals surface area contributed by atoms with Gasteiger partial charge in [0.25, 0.3) is 0 Å². The van der Waals surface area contributed by atoms with Crippen LogP contribution in [0.25, 0.3) is 11.4 Å². The van der Waals surface area contributed by atoms with E-state index >= 15 is 0 Å². The zero-order valence-corrected chi connectivity index (χ0v) is 20.4. The molecule has 1 N–H and O–H groups in total. The average molecular weight is 494 g/mol. The third-order valence-electron chi connectivity index (χ3n) is 6.61. The number of aromatic nitrogens is 2. The topological polar surface area (TPSA) is 91.6 Å². The van der Waals surface area contributed by atoms with E-state index in [1.54, 1.807) is 12.1 Å². The van der Waals surface area contributed by atoms with Crippen molar-refractivity contribution in [2.75, 3.05) is 29.9 Å². The number of hydrogen-bond acceptors (Lipinski definition) is 6. The quantitative estimate of drug-likeness (QED) is 0.536. The molecule has 2 aromatic carbocycles. The van der Waals surface area contributed by atoms with Crippen LogP contribution in [0.3, 0.4) is 0 Å². The van der Waals surface area contributed by atoms with E-state index in [1.807, 2.05) is 42.2 Å². The number of nitrogens with zero attached hydrogens (tertiary/aromatic N) is 4. The van der Waals surface area contributed by atoms with Gasteiger partial charge in [-0.15, -0.1) is 0 Å². The Kier molecular flexibility index (Phi) is 6.83. The summed E-state index contributed by atoms with van der Waals surface area (Å²) in [6, 6.07) is 13.1. The smallest absolute Gasteiger partial charge is 0.241 e. The van der Waals surface area contributed by atoms with Crippen molar-refractivity contribution in [2.45, 2.75) is 39.2 Å². The second-order valence-electron chi connectivity index (χ2n) is 9.24. The standard InChI is InChI=1S/C26H28ClN5O3/c1-17-13-21(9-10-22(17)32-12-4-8-24(32)33)28-26(34)19-6-3-11-31(15-19)16-23-29-25(30-35-23)18-5-2-7-20(27)14-18/h2,5,7,9-10,13-14,19H,3-4,6,8,11-12,15-16H2,1H3,(H,28,34). The summed E-state index contributed by atoms with van der Waals surface area (Å²) in [5.74, 6) is 1.06. The summed E-state index contributed by atoms with van der Waals surface area (Å²) >= 11 is 6.06. The van der Waals surface area contributed by atoms with Gasteiger partial charge in [-0.1, -0.05) is 28.9 Å². The number of amides is 2. The number of aryl methyl sites for hydroxylation is 1. The third kappa shape index (κ3) is 5.39. The van der Waals surface area contributed by atoms with Gasteiger partial charge in [0.1, 0.15) is 0 Å². The van der Waals surface area contributed by atoms with E-state index in [4.69, 9.17) is 16.1 Å². The van der Waals surface area contributed by atoms with Gasteiger partial charge in [-0.2, -0.15) is 4.98 Å². The molecule has 2 aliphatic heterocycles. The van der Waals surface area contributed by atoms with Crippen LogP contribution >= 0.6 is 11.6 Å². The van der Waals surface area contributed by atoms with Crippen molar-refractivity contribution >= 4 is 34.8 Å². The van der Waals surface area contributed by atoms with E-state index in [-0.39, 0.29) is 17.7 Å². The van der Waals surface area contributed by atoms with E-state index in [9.17, 15) is 9.59 Å². The van der Waals surface area contributed by atoms with Gasteiger partial charge in [0.15, 0.2) is 0 Å². The molecule has 2 fully saturated rings. The lowest BCUT2D eigenvalue weighted by atomic mass is 9.97. The van der Waals surface area contributed by atoms with Gasteiger partial charge in [-0.3, -0.25) is 14.5 Å². The molecule has 2 amide bonds. The number of nitrogens with one attached hydrogen (secondary N) is 1. The molecule has 5 rings (SSSR count). The zero-order chi connectivity index (χ0) is 24.4. The molecule has 0 spiro atoms. The zero-order valence-electron chi connectivity index (χ0n) is 19.7. The van der Waals surface area contributed by atoms with E-state index in [0.29, 0.717) is 36.2 Å². The highest BCUT2D eigenvalue weighted by Gasteiger charge is 2.28. The van der Waals surface area contributed by atoms with Crippen LogP contribution in [0.2, 0.25) is 5.02 Å². The largest absolute Gasteiger partial charge is 0.338 e. The molecule has 3 heterocycles. The van der Waals surface area contributed by atoms with Crippen molar-refractivity contribution in [2.24, 2.45) is 5.92 Å². The Morgan fingerprint density at radius 3 is 2.86 bits per heavy atom. The second-order valence-corrected chi connectivity index (χ2v) is 9.67. The van der Waals surface area contributed by atoms with Crippen molar-refractivity contribution in [3.8, 4) is 11.4 Å². The van der Waals surface area contributed by atoms with Crippen LogP contribution < -0.4 is 10.2 Å². The minimum Gasteiger partial charge on any atom is -0.338 e. The number of rotatable bonds is 6. The maximum atomic E-state index is 13.0. The number of benzene rings is 2. The van der Waals surface area contributed by atoms with E-state index in [0.717, 1.165) is 54.9 Å². The fourth-order valence-electron chi connectivity index (χ4n) is 4.85. The monoisotopic (exact) mass is 493 g/mol. The number of piperidine rings is 1. The maximum absolute atomic E-state index is 13.0. The molecule has 1 atom stereocenters. The van der Waals surface area contributed by atoms with Gasteiger partial charge in [0, 0.05) is 41.5 Å². The van der Waals surface area contributed by atoms with Crippen molar-refractivity contribution in [3.05, 3.63) is 58.9 Å². The lowest BCUT2D eigenvalue weighted by molar-refractivity contribution is -0.121. The van der Waals surface area contributed by atoms with E-state index < -0.39 is 0 Å². The normalized spacial score (nSPS) is 18.7. The first-order chi connectivity index (χ1) is 17.0. The molecule has 3 aromatic rings. The summed E-state index contributed by atoms with van der Waals surface area (Å²) in [5.41, 5.74) is 3.46. The highest BCUT2D eigenvalue weighted by Crippen LogP contribution is 2.28. The lowest BCUT2D eigenvalue weighted by Crippen LogP contribution is -2.40. The lowest BCUT2D eigenvalue weighted by Gasteiger charge is -2.31. The second kappa shape index (κ2) is 10.2. The highest BCUT2D eigenvalue weighted by atomic mass is 35.5. The molecule has 0 aliphatic carbocycles. The summed E-state index contributed by atoms with van der Waals surface area (Å²) in [5, 5.41) is 7.76. The third-order valence-corrected chi connectivity index (χ3v) is 6.85. The summed E-state index contributed by atoms with van der Waals surface area (Å²) < 4.78 is 5.45. The summed E-state index contributed by atoms with van der Waals surface area (Å²) in [4.78, 5) is 33.6. The van der Waals surface area contributed by atoms with Crippen LogP contribution in [0.5, 0.6) is 0 Å². The van der Waals surface area contributed by atoms with Gasteiger partial charge in [-0.05, 0) is 68.6 Å². The minimum absolute atomic E-state index is 0.00393. The number of anilines is 2. The van der Waals surface area contributed by atoms with E-state index in [2.05, 4.69) is 20.4 Å². The molecule has 182 valence electrons. The molecule has 9 heteroatoms. The SMILES string of the molecule is Cc1cc(NC(=O)C2CCCN(Cc3nc(-c4cccc(Cl)c4)no3)C2)ccc1N1CCCC1=O. The number of likely N-dealkylation sites (tertiary alicyclic amines) is 1. The number of carbonyl (C=O) groups excluding carboxylic acids is 2. The van der Waals surface area contributed by atoms with Crippen LogP contribution in [-0.2, 0) is 16.1 Å². The Morgan fingerprint density at radius 1 is 1.20 bits per heavy atom. The van der Waals surface area contributed by atoms with Gasteiger partial charge in [0.2, 0.25) is 23.5 Å². The van der Waals surface area contributed by atoms with Crippen LogP contribution in [0.15, 0.2) is 47.0 Å². The summed E-state index contributed by atoms with van der Waals surface area (Å²) in [6.07, 6.45) is 3.24. The van der Waals surface area contributed by atoms with E-state index in [1.165, 1.54) is 0 Å². The molecule has 0 bridgehead atoms. The Bertz CT molecular complexity index is 1240. The predicted molar refractivity (Wildman–Crippen MR) is 134 cm³/mol. The Labute approximate surface area is 209 Å². The van der Waals surface area contributed by atoms with Crippen molar-refractivity contribution in [1.29, 1.82) is 0 Å². The van der Waals surface area contributed by atoms with Crippen LogP contribution in [-0.4, -0.2) is 46.5 Å². The summed E-state index contributed by atoms with van der Waals surface area (Å²) in [6.45, 7) is 4.72. The van der Waals surface area contributed by atoms with Crippen molar-refractivity contribution in [1.82, 2.24) is 15.0 Å². The van der Waals surface area contributed by atoms with Crippen LogP contribution in [0, 0.1) is 12.8 Å². The predicted octanol–water partition coefficient (Wildman–Crippen LogP) is 4.68. The molecule has 2 aliphatic rings. The molecule has 0 radical (unpaired) electrons. The number of hydrogen-bond donors (Lipinski definition) is 1. The van der Waals surface area contributed by atoms with Gasteiger partial charge in [-0.25, -0.2) is 0 Å². The molecular formula is C26H28ClN5O3. The first-order valence-electron chi connectivity index (χ1n) is 12.0. The molecule has 0 saturated carbocycles. The average Bonchev–Trinajstić information content (AvgIpc) is 3.48. The van der Waals surface area contributed by atoms with Crippen molar-refractivity contribution in [3.63, 3.8) is 0 Å². The Balaban J connectivity index is 1.19. The van der Waals surface area contributed by atoms with Gasteiger partial charge >= 0.3 is 0 Å². The minimum atomic E-state index is -0.126. The maximum Gasteiger partial charge on any atom is 0.241 e. The van der Waals surface area contributed by atoms with Crippen LogP contribution in [0.1, 0.15) is 37.1 Å².